The molecule has 10 fully saturated rings. The van der Waals surface area contributed by atoms with Gasteiger partial charge in [-0.3, -0.25) is 0 Å². The Morgan fingerprint density at radius 3 is 0.675 bits per heavy atom. The second-order valence-electron chi connectivity index (χ2n) is 41.2. The molecule has 0 spiro atoms. The largest absolute Gasteiger partial charge is 0.456 e. The minimum atomic E-state index is -0.315. The fourth-order valence-electron chi connectivity index (χ4n) is 21.4. The second-order valence-corrected chi connectivity index (χ2v) is 41.2. The van der Waals surface area contributed by atoms with Gasteiger partial charge < -0.3 is 33.2 Å². The molecular formula is C106H178O14. The highest BCUT2D eigenvalue weighted by atomic mass is 16.6. The van der Waals surface area contributed by atoms with E-state index in [1.165, 1.54) is 308 Å². The molecule has 0 aromatic carbocycles. The number of fused-ring (bicyclic) bond motifs is 2. The highest BCUT2D eigenvalue weighted by molar-refractivity contribution is 5.89. The van der Waals surface area contributed by atoms with Gasteiger partial charge in [-0.1, -0.05) is 253 Å². The average Bonchev–Trinajstić information content (AvgIpc) is 1.53. The Hall–Kier alpha value is -5.53. The average molecular weight is 1680 g/mol. The van der Waals surface area contributed by atoms with Crippen LogP contribution in [0.3, 0.4) is 0 Å². The van der Waals surface area contributed by atoms with Gasteiger partial charge in [0.2, 0.25) is 0 Å². The quantitative estimate of drug-likeness (QED) is 0.0546. The Morgan fingerprint density at radius 2 is 0.483 bits per heavy atom. The molecule has 14 heteroatoms. The van der Waals surface area contributed by atoms with Gasteiger partial charge in [0, 0.05) is 45.4 Å². The van der Waals surface area contributed by atoms with Gasteiger partial charge in [-0.25, -0.2) is 33.6 Å². The molecule has 0 aliphatic heterocycles. The van der Waals surface area contributed by atoms with Crippen LogP contribution >= 0.6 is 0 Å². The van der Waals surface area contributed by atoms with Gasteiger partial charge in [0.1, 0.15) is 39.2 Å². The Labute approximate surface area is 733 Å². The van der Waals surface area contributed by atoms with E-state index in [9.17, 15) is 33.6 Å². The molecule has 0 amide bonds. The maximum absolute atomic E-state index is 12.1. The first-order valence-corrected chi connectivity index (χ1v) is 48.8. The molecule has 10 rings (SSSR count). The third-order valence-corrected chi connectivity index (χ3v) is 30.2. The van der Waals surface area contributed by atoms with Crippen LogP contribution in [0.5, 0.6) is 0 Å². The molecule has 10 saturated carbocycles. The summed E-state index contributed by atoms with van der Waals surface area (Å²) in [6.07, 6.45) is 70.9. The van der Waals surface area contributed by atoms with Gasteiger partial charge in [0.05, 0.1) is 0 Å². The molecule has 0 N–H and O–H groups in total. The topological polar surface area (TPSA) is 184 Å². The van der Waals surface area contributed by atoms with Gasteiger partial charge in [-0.2, -0.15) is 0 Å². The standard InChI is InChI=1S/C18H30O2.C17H28O2.C17H30O2.C15H26O2.C14H22O2.C13H22O2.C12H20O2/c1-14(2)17(19)20-18(3,15-10-6-4-7-11-15)16-12-8-5-9-13-16;1-3-16(18)19-17(2,14-10-6-4-7-11-14)15-12-8-5-9-13-15;1-15(2)16(18)19-17(3)13-11-9-7-5-4-6-8-10-12-14-17;1-13(2)14(16)17-15(3)11-9-7-5-4-6-8-10-12-15;1-6-11(15)16-14(5)9-10-7-8-13(14,4)12(10,2)3;1-11(2)12(14)15-13(3)9-7-5-4-6-8-10-13;1-10(2)11(13)14-12(3)8-6-4-5-7-9-12/h15-16H,1,4-13H2,2-3H3;3,14-15H,1,4-13H2,2H3;1,4-14H2,2-3H3;1,4-12H2,2-3H3;6,10H,1,7-9H2,2-5H3;1,4-10H2,2-3H3;1,4-9H2,2-3H3. The van der Waals surface area contributed by atoms with Crippen molar-refractivity contribution in [2.24, 2.45) is 40.4 Å². The molecule has 2 bridgehead atoms. The molecular weight excluding hydrogens is 1500 g/mol. The summed E-state index contributed by atoms with van der Waals surface area (Å²) in [5, 5.41) is 0. The molecule has 10 aliphatic rings. The summed E-state index contributed by atoms with van der Waals surface area (Å²) < 4.78 is 40.0. The van der Waals surface area contributed by atoms with Crippen molar-refractivity contribution in [2.45, 2.75) is 503 Å². The van der Waals surface area contributed by atoms with Crippen molar-refractivity contribution in [3.05, 3.63) is 86.1 Å². The lowest BCUT2D eigenvalue weighted by Crippen LogP contribution is -2.48. The van der Waals surface area contributed by atoms with Crippen LogP contribution in [0.4, 0.5) is 0 Å². The fraction of sp³-hybridized carbons (Fsp3) is 0.802. The van der Waals surface area contributed by atoms with Crippen LogP contribution < -0.4 is 0 Å². The fourth-order valence-corrected chi connectivity index (χ4v) is 21.4. The van der Waals surface area contributed by atoms with Gasteiger partial charge in [-0.15, -0.1) is 0 Å². The zero-order chi connectivity index (χ0) is 89.3. The Bertz CT molecular complexity index is 3140. The first kappa shape index (κ1) is 107. The maximum atomic E-state index is 12.1. The summed E-state index contributed by atoms with van der Waals surface area (Å²) in [4.78, 5) is 81.7. The normalized spacial score (nSPS) is 24.9. The predicted octanol–water partition coefficient (Wildman–Crippen LogP) is 29.4. The molecule has 3 unspecified atom stereocenters. The van der Waals surface area contributed by atoms with Gasteiger partial charge in [0.25, 0.3) is 0 Å². The lowest BCUT2D eigenvalue weighted by Gasteiger charge is -2.46. The maximum Gasteiger partial charge on any atom is 0.333 e. The van der Waals surface area contributed by atoms with Crippen molar-refractivity contribution in [3.63, 3.8) is 0 Å². The lowest BCUT2D eigenvalue weighted by atomic mass is 9.65. The summed E-state index contributed by atoms with van der Waals surface area (Å²) >= 11 is 0. The van der Waals surface area contributed by atoms with Crippen molar-refractivity contribution >= 4 is 41.8 Å². The van der Waals surface area contributed by atoms with Crippen LogP contribution in [0.15, 0.2) is 86.1 Å². The van der Waals surface area contributed by atoms with E-state index in [1.807, 2.05) is 6.92 Å². The molecule has 14 nitrogen and oxygen atoms in total. The van der Waals surface area contributed by atoms with Gasteiger partial charge in [0.15, 0.2) is 0 Å². The molecule has 3 atom stereocenters. The van der Waals surface area contributed by atoms with Crippen LogP contribution in [0, 0.1) is 40.4 Å². The SMILES string of the molecule is C=C(C)C(=O)OC(C)(C1CCCCC1)C1CCCCC1.C=C(C)C(=O)OC1(C)CCCCCC1.C=C(C)C(=O)OC1(C)CCCCCCC1.C=C(C)C(=O)OC1(C)CCCCCCCCC1.C=C(C)C(=O)OC1(C)CCCCCCCCCCC1.C=CC(=O)OC(C)(C1CCCCC1)C1CCCCC1.C=CC(=O)OC1(C)CC2CCC1(C)C2(C)C. The van der Waals surface area contributed by atoms with Crippen LogP contribution in [0.1, 0.15) is 463 Å². The van der Waals surface area contributed by atoms with Crippen LogP contribution in [-0.2, 0) is 66.7 Å². The Morgan fingerprint density at radius 1 is 0.275 bits per heavy atom. The minimum absolute atomic E-state index is 0.101. The van der Waals surface area contributed by atoms with Crippen LogP contribution in [0.2, 0.25) is 0 Å². The number of carbonyl (C=O) groups is 7. The Balaban J connectivity index is 0.000000295. The van der Waals surface area contributed by atoms with Crippen molar-refractivity contribution in [3.8, 4) is 0 Å². The van der Waals surface area contributed by atoms with E-state index in [0.717, 1.165) is 64.2 Å². The van der Waals surface area contributed by atoms with E-state index in [1.54, 1.807) is 34.6 Å². The summed E-state index contributed by atoms with van der Waals surface area (Å²) in [7, 11) is 0. The molecule has 0 aromatic heterocycles. The van der Waals surface area contributed by atoms with E-state index < -0.39 is 0 Å². The lowest BCUT2D eigenvalue weighted by molar-refractivity contribution is -0.172. The third kappa shape index (κ3) is 35.8. The van der Waals surface area contributed by atoms with Crippen molar-refractivity contribution in [1.82, 2.24) is 0 Å². The number of carbonyl (C=O) groups excluding carboxylic acids is 7. The third-order valence-electron chi connectivity index (χ3n) is 30.2. The molecule has 10 aliphatic carbocycles. The predicted molar refractivity (Wildman–Crippen MR) is 494 cm³/mol. The number of hydrogen-bond acceptors (Lipinski definition) is 14. The van der Waals surface area contributed by atoms with E-state index in [2.05, 4.69) is 108 Å². The summed E-state index contributed by atoms with van der Waals surface area (Å²) in [5.74, 6) is 1.22. The molecule has 120 heavy (non-hydrogen) atoms. The molecule has 0 radical (unpaired) electrons. The molecule has 686 valence electrons. The van der Waals surface area contributed by atoms with Crippen LogP contribution in [0.25, 0.3) is 0 Å². The summed E-state index contributed by atoms with van der Waals surface area (Å²) in [6.45, 7) is 55.6. The van der Waals surface area contributed by atoms with Crippen molar-refractivity contribution in [2.75, 3.05) is 0 Å². The number of rotatable bonds is 18. The second kappa shape index (κ2) is 53.1. The molecule has 0 heterocycles. The number of ether oxygens (including phenoxy) is 7. The van der Waals surface area contributed by atoms with Gasteiger partial charge >= 0.3 is 41.8 Å². The Kier molecular flexibility index (Phi) is 47.2. The van der Waals surface area contributed by atoms with E-state index in [-0.39, 0.29) is 91.8 Å². The van der Waals surface area contributed by atoms with E-state index in [4.69, 9.17) is 33.2 Å². The number of hydrogen-bond donors (Lipinski definition) is 0. The zero-order valence-corrected chi connectivity index (χ0v) is 79.8. The molecule has 0 aromatic rings. The summed E-state index contributed by atoms with van der Waals surface area (Å²) in [5.41, 5.74) is 1.01. The first-order chi connectivity index (χ1) is 56.6. The summed E-state index contributed by atoms with van der Waals surface area (Å²) in [6, 6.07) is 0. The minimum Gasteiger partial charge on any atom is -0.456 e. The highest BCUT2D eigenvalue weighted by Gasteiger charge is 2.69. The first-order valence-electron chi connectivity index (χ1n) is 48.8. The van der Waals surface area contributed by atoms with Gasteiger partial charge in [-0.05, 0) is 291 Å². The van der Waals surface area contributed by atoms with Crippen molar-refractivity contribution in [1.29, 1.82) is 0 Å². The zero-order valence-electron chi connectivity index (χ0n) is 79.8. The van der Waals surface area contributed by atoms with E-state index >= 15 is 0 Å². The highest BCUT2D eigenvalue weighted by Crippen LogP contribution is 2.70. The van der Waals surface area contributed by atoms with E-state index in [0.29, 0.717) is 57.5 Å². The monoisotopic (exact) mass is 1680 g/mol. The number of esters is 7. The molecule has 0 saturated heterocycles. The van der Waals surface area contributed by atoms with Crippen molar-refractivity contribution < 1.29 is 66.7 Å². The smallest absolute Gasteiger partial charge is 0.333 e. The van der Waals surface area contributed by atoms with Crippen LogP contribution in [-0.4, -0.2) is 81.0 Å².